The van der Waals surface area contributed by atoms with Gasteiger partial charge in [-0.3, -0.25) is 0 Å². The van der Waals surface area contributed by atoms with E-state index in [9.17, 15) is 0 Å². The van der Waals surface area contributed by atoms with Gasteiger partial charge < -0.3 is 5.32 Å². The highest BCUT2D eigenvalue weighted by Crippen LogP contribution is 2.39. The molecule has 0 atom stereocenters. The molecule has 2 aromatic heterocycles. The summed E-state index contributed by atoms with van der Waals surface area (Å²) in [6.45, 7) is 5.45. The molecule has 0 amide bonds. The van der Waals surface area contributed by atoms with Crippen LogP contribution in [0.2, 0.25) is 0 Å². The van der Waals surface area contributed by atoms with Gasteiger partial charge in [0.15, 0.2) is 5.65 Å². The largest absolute Gasteiger partial charge is 0.308 e. The summed E-state index contributed by atoms with van der Waals surface area (Å²) in [4.78, 5) is 0. The van der Waals surface area contributed by atoms with Gasteiger partial charge in [0.25, 0.3) is 0 Å². The summed E-state index contributed by atoms with van der Waals surface area (Å²) in [5, 5.41) is 15.2. The maximum absolute atomic E-state index is 3.98. The van der Waals surface area contributed by atoms with Crippen LogP contribution >= 0.6 is 0 Å². The average Bonchev–Trinajstić information content (AvgIpc) is 2.71. The smallest absolute Gasteiger partial charge is 0.179 e. The number of fused-ring (bicyclic) bond motifs is 1. The fourth-order valence-electron chi connectivity index (χ4n) is 2.62. The zero-order chi connectivity index (χ0) is 11.9. The molecule has 0 radical (unpaired) electrons. The van der Waals surface area contributed by atoms with Crippen molar-refractivity contribution in [1.29, 1.82) is 0 Å². The van der Waals surface area contributed by atoms with E-state index < -0.39 is 0 Å². The number of nitrogens with zero attached hydrogens (tertiary/aromatic N) is 4. The monoisotopic (exact) mass is 231 g/mol. The first kappa shape index (κ1) is 10.7. The van der Waals surface area contributed by atoms with E-state index in [2.05, 4.69) is 40.8 Å². The Hall–Kier alpha value is -1.49. The Bertz CT molecular complexity index is 522. The van der Waals surface area contributed by atoms with Gasteiger partial charge in [-0.25, -0.2) is 0 Å². The van der Waals surface area contributed by atoms with Gasteiger partial charge in [-0.1, -0.05) is 19.9 Å². The predicted molar refractivity (Wildman–Crippen MR) is 64.4 cm³/mol. The van der Waals surface area contributed by atoms with Crippen LogP contribution < -0.4 is 5.32 Å². The molecule has 2 aromatic rings. The van der Waals surface area contributed by atoms with Crippen molar-refractivity contribution in [1.82, 2.24) is 25.4 Å². The highest BCUT2D eigenvalue weighted by molar-refractivity contribution is 5.36. The molecule has 1 aliphatic carbocycles. The second-order valence-corrected chi connectivity index (χ2v) is 5.62. The molecule has 3 rings (SSSR count). The molecule has 1 aliphatic rings. The van der Waals surface area contributed by atoms with E-state index in [1.54, 1.807) is 4.52 Å². The highest BCUT2D eigenvalue weighted by atomic mass is 15.5. The third-order valence-corrected chi connectivity index (χ3v) is 3.47. The van der Waals surface area contributed by atoms with Gasteiger partial charge >= 0.3 is 0 Å². The number of aromatic nitrogens is 4. The van der Waals surface area contributed by atoms with Gasteiger partial charge in [0.2, 0.25) is 0 Å². The Morgan fingerprint density at radius 2 is 2.24 bits per heavy atom. The van der Waals surface area contributed by atoms with Crippen LogP contribution in [-0.4, -0.2) is 26.1 Å². The summed E-state index contributed by atoms with van der Waals surface area (Å²) < 4.78 is 1.79. The van der Waals surface area contributed by atoms with Crippen molar-refractivity contribution in [3.05, 3.63) is 23.9 Å². The van der Waals surface area contributed by atoms with Crippen molar-refractivity contribution in [3.63, 3.8) is 0 Å². The molecule has 0 bridgehead atoms. The lowest BCUT2D eigenvalue weighted by Crippen LogP contribution is -2.45. The number of rotatable bonds is 3. The highest BCUT2D eigenvalue weighted by Gasteiger charge is 2.35. The van der Waals surface area contributed by atoms with Crippen molar-refractivity contribution in [2.75, 3.05) is 0 Å². The molecular weight excluding hydrogens is 214 g/mol. The lowest BCUT2D eigenvalue weighted by molar-refractivity contribution is 0.125. The molecule has 0 aliphatic heterocycles. The van der Waals surface area contributed by atoms with Crippen LogP contribution in [0.1, 0.15) is 32.4 Å². The van der Waals surface area contributed by atoms with Crippen LogP contribution in [0.25, 0.3) is 5.65 Å². The van der Waals surface area contributed by atoms with Crippen molar-refractivity contribution >= 4 is 5.65 Å². The van der Waals surface area contributed by atoms with E-state index in [1.807, 2.05) is 12.1 Å². The number of tetrazole rings is 1. The molecule has 0 unspecified atom stereocenters. The third kappa shape index (κ3) is 2.02. The fraction of sp³-hybridized carbons (Fsp3) is 0.583. The van der Waals surface area contributed by atoms with E-state index in [1.165, 1.54) is 12.8 Å². The first-order valence-electron chi connectivity index (χ1n) is 6.03. The van der Waals surface area contributed by atoms with Crippen LogP contribution in [0, 0.1) is 5.41 Å². The van der Waals surface area contributed by atoms with Gasteiger partial charge in [0, 0.05) is 12.6 Å². The third-order valence-electron chi connectivity index (χ3n) is 3.47. The molecule has 0 saturated heterocycles. The van der Waals surface area contributed by atoms with Crippen LogP contribution in [0.15, 0.2) is 18.2 Å². The van der Waals surface area contributed by atoms with E-state index in [-0.39, 0.29) is 0 Å². The van der Waals surface area contributed by atoms with E-state index in [4.69, 9.17) is 0 Å². The Kier molecular flexibility index (Phi) is 2.36. The van der Waals surface area contributed by atoms with Crippen molar-refractivity contribution in [2.45, 2.75) is 39.3 Å². The second kappa shape index (κ2) is 3.77. The maximum atomic E-state index is 3.98. The Balaban J connectivity index is 1.67. The van der Waals surface area contributed by atoms with Gasteiger partial charge in [-0.05, 0) is 40.8 Å². The van der Waals surface area contributed by atoms with Crippen LogP contribution in [0.4, 0.5) is 0 Å². The van der Waals surface area contributed by atoms with E-state index in [0.717, 1.165) is 17.9 Å². The molecule has 1 saturated carbocycles. The zero-order valence-corrected chi connectivity index (χ0v) is 10.2. The maximum Gasteiger partial charge on any atom is 0.179 e. The summed E-state index contributed by atoms with van der Waals surface area (Å²) in [5.74, 6) is 0. The van der Waals surface area contributed by atoms with Gasteiger partial charge in [0.1, 0.15) is 0 Å². The quantitative estimate of drug-likeness (QED) is 0.867. The molecular formula is C12H17N5. The predicted octanol–water partition coefficient (Wildman–Crippen LogP) is 1.40. The summed E-state index contributed by atoms with van der Waals surface area (Å²) >= 11 is 0. The molecule has 0 spiro atoms. The number of pyridine rings is 1. The van der Waals surface area contributed by atoms with E-state index >= 15 is 0 Å². The Labute approximate surface area is 100 Å². The van der Waals surface area contributed by atoms with Crippen molar-refractivity contribution in [2.24, 2.45) is 5.41 Å². The number of nitrogens with one attached hydrogen (secondary N) is 1. The average molecular weight is 231 g/mol. The van der Waals surface area contributed by atoms with Crippen LogP contribution in [-0.2, 0) is 6.54 Å². The standard InChI is InChI=1S/C12H17N5/c1-12(2)6-9(7-12)13-8-10-4-3-5-11-14-15-16-17(10)11/h3-5,9,13H,6-8H2,1-2H3. The van der Waals surface area contributed by atoms with Crippen LogP contribution in [0.3, 0.4) is 0 Å². The zero-order valence-electron chi connectivity index (χ0n) is 10.2. The van der Waals surface area contributed by atoms with Crippen molar-refractivity contribution in [3.8, 4) is 0 Å². The molecule has 5 heteroatoms. The van der Waals surface area contributed by atoms with Crippen LogP contribution in [0.5, 0.6) is 0 Å². The number of hydrogen-bond acceptors (Lipinski definition) is 4. The lowest BCUT2D eigenvalue weighted by Gasteiger charge is -2.43. The number of hydrogen-bond donors (Lipinski definition) is 1. The summed E-state index contributed by atoms with van der Waals surface area (Å²) in [6, 6.07) is 6.60. The summed E-state index contributed by atoms with van der Waals surface area (Å²) in [6.07, 6.45) is 2.50. The molecule has 90 valence electrons. The molecule has 1 N–H and O–H groups in total. The molecule has 1 fully saturated rings. The van der Waals surface area contributed by atoms with Gasteiger partial charge in [-0.15, -0.1) is 5.10 Å². The summed E-state index contributed by atoms with van der Waals surface area (Å²) in [5.41, 5.74) is 2.42. The minimum Gasteiger partial charge on any atom is -0.308 e. The topological polar surface area (TPSA) is 55.1 Å². The fourth-order valence-corrected chi connectivity index (χ4v) is 2.62. The molecule has 0 aromatic carbocycles. The van der Waals surface area contributed by atoms with Gasteiger partial charge in [-0.2, -0.15) is 4.52 Å². The lowest BCUT2D eigenvalue weighted by atomic mass is 9.68. The Morgan fingerprint density at radius 3 is 3.00 bits per heavy atom. The van der Waals surface area contributed by atoms with Gasteiger partial charge in [0.05, 0.1) is 5.69 Å². The first-order valence-corrected chi connectivity index (χ1v) is 6.03. The van der Waals surface area contributed by atoms with E-state index in [0.29, 0.717) is 11.5 Å². The Morgan fingerprint density at radius 1 is 1.41 bits per heavy atom. The molecule has 2 heterocycles. The molecule has 5 nitrogen and oxygen atoms in total. The normalized spacial score (nSPS) is 19.4. The second-order valence-electron chi connectivity index (χ2n) is 5.62. The minimum absolute atomic E-state index is 0.512. The van der Waals surface area contributed by atoms with Crippen molar-refractivity contribution < 1.29 is 0 Å². The first-order chi connectivity index (χ1) is 8.14. The molecule has 17 heavy (non-hydrogen) atoms. The summed E-state index contributed by atoms with van der Waals surface area (Å²) in [7, 11) is 0. The minimum atomic E-state index is 0.512. The SMILES string of the molecule is CC1(C)CC(NCc2cccc3nnnn23)C1.